The lowest BCUT2D eigenvalue weighted by molar-refractivity contribution is 1.28. The lowest BCUT2D eigenvalue weighted by Gasteiger charge is -2.07. The summed E-state index contributed by atoms with van der Waals surface area (Å²) in [6.45, 7) is 0. The van der Waals surface area contributed by atoms with E-state index in [1.807, 2.05) is 0 Å². The van der Waals surface area contributed by atoms with E-state index in [4.69, 9.17) is 0 Å². The molecule has 0 saturated heterocycles. The van der Waals surface area contributed by atoms with Crippen LogP contribution in [-0.4, -0.2) is 4.43 Å². The minimum Gasteiger partial charge on any atom is -0.0818 e. The molecule has 2 aromatic carbocycles. The van der Waals surface area contributed by atoms with Gasteiger partial charge in [0.15, 0.2) is 0 Å². The molecule has 0 radical (unpaired) electrons. The average Bonchev–Trinajstić information content (AvgIpc) is 2.40. The van der Waals surface area contributed by atoms with Crippen LogP contribution in [0.5, 0.6) is 0 Å². The van der Waals surface area contributed by atoms with Crippen LogP contribution in [0.1, 0.15) is 11.1 Å². The van der Waals surface area contributed by atoms with E-state index in [-0.39, 0.29) is 0 Å². The van der Waals surface area contributed by atoms with Crippen LogP contribution in [0.3, 0.4) is 0 Å². The van der Waals surface area contributed by atoms with Crippen LogP contribution in [0, 0.1) is 0 Å². The second kappa shape index (κ2) is 6.60. The highest BCUT2D eigenvalue weighted by molar-refractivity contribution is 14.1. The zero-order chi connectivity index (χ0) is 11.9. The summed E-state index contributed by atoms with van der Waals surface area (Å²) in [5, 5.41) is 0. The van der Waals surface area contributed by atoms with Crippen molar-refractivity contribution in [1.82, 2.24) is 0 Å². The van der Waals surface area contributed by atoms with Crippen molar-refractivity contribution in [2.75, 3.05) is 4.43 Å². The fourth-order valence-electron chi connectivity index (χ4n) is 1.85. The third-order valence-electron chi connectivity index (χ3n) is 2.71. The number of rotatable bonds is 4. The van der Waals surface area contributed by atoms with Gasteiger partial charge in [-0.2, -0.15) is 0 Å². The van der Waals surface area contributed by atoms with E-state index in [9.17, 15) is 0 Å². The predicted octanol–water partition coefficient (Wildman–Crippen LogP) is 4.75. The second-order valence-electron chi connectivity index (χ2n) is 3.91. The smallest absolute Gasteiger partial charge is 0.0181 e. The van der Waals surface area contributed by atoms with Gasteiger partial charge in [-0.1, -0.05) is 89.3 Å². The van der Waals surface area contributed by atoms with Gasteiger partial charge in [-0.05, 0) is 23.1 Å². The standard InChI is InChI=1S/C16H15I/c17-12-11-16(15-9-5-2-6-10-15)13-14-7-3-1-4-8-14/h1-11H,12-13H2/b16-11+. The van der Waals surface area contributed by atoms with E-state index in [0.717, 1.165) is 10.8 Å². The number of hydrogen-bond donors (Lipinski definition) is 0. The highest BCUT2D eigenvalue weighted by atomic mass is 127. The van der Waals surface area contributed by atoms with Gasteiger partial charge in [0.1, 0.15) is 0 Å². The molecule has 1 heteroatoms. The molecule has 0 amide bonds. The van der Waals surface area contributed by atoms with E-state index in [2.05, 4.69) is 89.3 Å². The summed E-state index contributed by atoms with van der Waals surface area (Å²) in [4.78, 5) is 0. The molecule has 2 aromatic rings. The van der Waals surface area contributed by atoms with Crippen LogP contribution in [0.4, 0.5) is 0 Å². The van der Waals surface area contributed by atoms with Crippen LogP contribution in [0.2, 0.25) is 0 Å². The Kier molecular flexibility index (Phi) is 4.80. The molecule has 0 fully saturated rings. The Morgan fingerprint density at radius 1 is 0.882 bits per heavy atom. The maximum atomic E-state index is 2.40. The summed E-state index contributed by atoms with van der Waals surface area (Å²) in [5.41, 5.74) is 4.10. The molecule has 86 valence electrons. The first-order valence-electron chi connectivity index (χ1n) is 5.74. The minimum absolute atomic E-state index is 1.01. The van der Waals surface area contributed by atoms with Crippen LogP contribution in [0.15, 0.2) is 66.7 Å². The maximum Gasteiger partial charge on any atom is 0.0181 e. The average molecular weight is 334 g/mol. The van der Waals surface area contributed by atoms with E-state index in [1.165, 1.54) is 16.7 Å². The van der Waals surface area contributed by atoms with Crippen LogP contribution >= 0.6 is 22.6 Å². The van der Waals surface area contributed by atoms with Gasteiger partial charge in [0.25, 0.3) is 0 Å². The zero-order valence-electron chi connectivity index (χ0n) is 9.64. The largest absolute Gasteiger partial charge is 0.0818 e. The molecule has 0 aliphatic heterocycles. The van der Waals surface area contributed by atoms with Gasteiger partial charge in [-0.15, -0.1) is 0 Å². The first-order chi connectivity index (χ1) is 8.40. The molecule has 0 nitrogen and oxygen atoms in total. The third kappa shape index (κ3) is 3.70. The Hall–Kier alpha value is -1.09. The number of allylic oxidation sites excluding steroid dienone is 2. The highest BCUT2D eigenvalue weighted by Crippen LogP contribution is 2.19. The van der Waals surface area contributed by atoms with Gasteiger partial charge in [0.2, 0.25) is 0 Å². The number of halogens is 1. The summed E-state index contributed by atoms with van der Waals surface area (Å²) in [5.74, 6) is 0. The second-order valence-corrected chi connectivity index (χ2v) is 4.79. The molecular weight excluding hydrogens is 319 g/mol. The van der Waals surface area contributed by atoms with Crippen LogP contribution in [0.25, 0.3) is 5.57 Å². The van der Waals surface area contributed by atoms with Gasteiger partial charge >= 0.3 is 0 Å². The Bertz CT molecular complexity index is 471. The molecule has 0 aliphatic rings. The molecular formula is C16H15I. The Morgan fingerprint density at radius 3 is 2.06 bits per heavy atom. The van der Waals surface area contributed by atoms with Crippen molar-refractivity contribution < 1.29 is 0 Å². The molecule has 0 atom stereocenters. The molecule has 0 unspecified atom stereocenters. The molecule has 0 saturated carbocycles. The normalized spacial score (nSPS) is 11.5. The fraction of sp³-hybridized carbons (Fsp3) is 0.125. The van der Waals surface area contributed by atoms with Crippen molar-refractivity contribution in [3.63, 3.8) is 0 Å². The number of hydrogen-bond acceptors (Lipinski definition) is 0. The monoisotopic (exact) mass is 334 g/mol. The number of alkyl halides is 1. The summed E-state index contributed by atoms with van der Waals surface area (Å²) in [7, 11) is 0. The van der Waals surface area contributed by atoms with Crippen molar-refractivity contribution in [3.05, 3.63) is 77.9 Å². The summed E-state index contributed by atoms with van der Waals surface area (Å²) < 4.78 is 1.05. The predicted molar refractivity (Wildman–Crippen MR) is 83.5 cm³/mol. The first kappa shape index (κ1) is 12.4. The van der Waals surface area contributed by atoms with Crippen molar-refractivity contribution in [2.24, 2.45) is 0 Å². The van der Waals surface area contributed by atoms with E-state index in [1.54, 1.807) is 0 Å². The van der Waals surface area contributed by atoms with Gasteiger partial charge in [0, 0.05) is 4.43 Å². The van der Waals surface area contributed by atoms with Crippen LogP contribution in [-0.2, 0) is 6.42 Å². The quantitative estimate of drug-likeness (QED) is 0.559. The molecule has 0 N–H and O–H groups in total. The van der Waals surface area contributed by atoms with Crippen molar-refractivity contribution >= 4 is 28.2 Å². The Balaban J connectivity index is 2.23. The molecule has 0 spiro atoms. The summed E-state index contributed by atoms with van der Waals surface area (Å²) in [6, 6.07) is 21.3. The van der Waals surface area contributed by atoms with Crippen molar-refractivity contribution in [2.45, 2.75) is 6.42 Å². The summed E-state index contributed by atoms with van der Waals surface area (Å²) in [6.07, 6.45) is 3.32. The molecule has 0 heterocycles. The van der Waals surface area contributed by atoms with Crippen LogP contribution < -0.4 is 0 Å². The van der Waals surface area contributed by atoms with E-state index in [0.29, 0.717) is 0 Å². The Morgan fingerprint density at radius 2 is 1.47 bits per heavy atom. The topological polar surface area (TPSA) is 0 Å². The molecule has 17 heavy (non-hydrogen) atoms. The van der Waals surface area contributed by atoms with Gasteiger partial charge in [-0.3, -0.25) is 0 Å². The van der Waals surface area contributed by atoms with Gasteiger partial charge in [-0.25, -0.2) is 0 Å². The lowest BCUT2D eigenvalue weighted by Crippen LogP contribution is -1.91. The molecule has 0 aromatic heterocycles. The Labute approximate surface area is 117 Å². The zero-order valence-corrected chi connectivity index (χ0v) is 11.8. The highest BCUT2D eigenvalue weighted by Gasteiger charge is 2.01. The van der Waals surface area contributed by atoms with Crippen molar-refractivity contribution in [3.8, 4) is 0 Å². The lowest BCUT2D eigenvalue weighted by atomic mass is 9.98. The van der Waals surface area contributed by atoms with E-state index >= 15 is 0 Å². The van der Waals surface area contributed by atoms with Gasteiger partial charge < -0.3 is 0 Å². The minimum atomic E-state index is 1.01. The van der Waals surface area contributed by atoms with E-state index < -0.39 is 0 Å². The van der Waals surface area contributed by atoms with Crippen molar-refractivity contribution in [1.29, 1.82) is 0 Å². The molecule has 0 aliphatic carbocycles. The SMILES string of the molecule is IC/C=C(\Cc1ccccc1)c1ccccc1. The third-order valence-corrected chi connectivity index (χ3v) is 3.15. The fourth-order valence-corrected chi connectivity index (χ4v) is 2.38. The summed E-state index contributed by atoms with van der Waals surface area (Å²) >= 11 is 2.40. The molecule has 0 bridgehead atoms. The first-order valence-corrected chi connectivity index (χ1v) is 7.27. The van der Waals surface area contributed by atoms with Gasteiger partial charge in [0.05, 0.1) is 0 Å². The number of benzene rings is 2. The maximum absolute atomic E-state index is 2.40. The molecule has 2 rings (SSSR count).